The highest BCUT2D eigenvalue weighted by Crippen LogP contribution is 2.33. The molecule has 4 heterocycles. The third kappa shape index (κ3) is 5.88. The quantitative estimate of drug-likeness (QED) is 0.231. The van der Waals surface area contributed by atoms with Crippen LogP contribution in [0.5, 0.6) is 0 Å². The van der Waals surface area contributed by atoms with E-state index in [4.69, 9.17) is 4.98 Å². The SMILES string of the molecule is CNC(=O)c1ccnc2c(C(C)C(CNc3cc(-c4cnc5c(cnn5C(C)(C)C)c4)ncn3)CSC)cccc12. The summed E-state index contributed by atoms with van der Waals surface area (Å²) in [6.45, 7) is 9.29. The van der Waals surface area contributed by atoms with Crippen molar-refractivity contribution in [3.8, 4) is 11.3 Å². The van der Waals surface area contributed by atoms with Gasteiger partial charge in [0, 0.05) is 48.4 Å². The minimum Gasteiger partial charge on any atom is -0.370 e. The van der Waals surface area contributed by atoms with E-state index in [2.05, 4.69) is 76.8 Å². The van der Waals surface area contributed by atoms with Gasteiger partial charge in [-0.25, -0.2) is 19.6 Å². The second-order valence-corrected chi connectivity index (χ2v) is 12.1. The third-order valence-electron chi connectivity index (χ3n) is 7.40. The van der Waals surface area contributed by atoms with Crippen LogP contribution in [0.25, 0.3) is 33.2 Å². The molecule has 0 aliphatic rings. The number of rotatable bonds is 9. The number of thioether (sulfide) groups is 1. The second-order valence-electron chi connectivity index (χ2n) is 11.2. The van der Waals surface area contributed by atoms with Gasteiger partial charge in [-0.3, -0.25) is 9.78 Å². The van der Waals surface area contributed by atoms with Gasteiger partial charge in [-0.15, -0.1) is 0 Å². The Labute approximate surface area is 244 Å². The van der Waals surface area contributed by atoms with Gasteiger partial charge in [-0.2, -0.15) is 16.9 Å². The molecule has 1 amide bonds. The molecule has 212 valence electrons. The highest BCUT2D eigenvalue weighted by molar-refractivity contribution is 7.98. The number of carbonyl (C=O) groups is 1. The molecule has 2 atom stereocenters. The van der Waals surface area contributed by atoms with Crippen LogP contribution in [0.3, 0.4) is 0 Å². The van der Waals surface area contributed by atoms with Crippen LogP contribution in [0.2, 0.25) is 0 Å². The van der Waals surface area contributed by atoms with Crippen LogP contribution in [0.1, 0.15) is 49.5 Å². The summed E-state index contributed by atoms with van der Waals surface area (Å²) < 4.78 is 1.94. The third-order valence-corrected chi connectivity index (χ3v) is 8.17. The molecule has 41 heavy (non-hydrogen) atoms. The van der Waals surface area contributed by atoms with Gasteiger partial charge >= 0.3 is 0 Å². The van der Waals surface area contributed by atoms with E-state index in [0.717, 1.165) is 56.9 Å². The lowest BCUT2D eigenvalue weighted by molar-refractivity contribution is 0.0964. The van der Waals surface area contributed by atoms with E-state index in [1.54, 1.807) is 25.6 Å². The number of nitrogens with one attached hydrogen (secondary N) is 2. The number of carbonyl (C=O) groups excluding carboxylic acids is 1. The molecule has 9 nitrogen and oxygen atoms in total. The Bertz CT molecular complexity index is 1690. The number of anilines is 1. The Morgan fingerprint density at radius 3 is 2.66 bits per heavy atom. The van der Waals surface area contributed by atoms with Gasteiger partial charge in [-0.05, 0) is 62.3 Å². The molecule has 5 aromatic rings. The van der Waals surface area contributed by atoms with E-state index in [1.165, 1.54) is 0 Å². The van der Waals surface area contributed by atoms with Gasteiger partial charge in [0.15, 0.2) is 5.65 Å². The Morgan fingerprint density at radius 2 is 1.90 bits per heavy atom. The number of benzene rings is 1. The Hall–Kier alpha value is -4.05. The van der Waals surface area contributed by atoms with Crippen LogP contribution < -0.4 is 10.6 Å². The van der Waals surface area contributed by atoms with Crippen molar-refractivity contribution < 1.29 is 4.79 Å². The number of fused-ring (bicyclic) bond motifs is 2. The average molecular weight is 569 g/mol. The summed E-state index contributed by atoms with van der Waals surface area (Å²) in [5, 5.41) is 12.7. The second kappa shape index (κ2) is 11.8. The molecule has 10 heteroatoms. The molecule has 0 fully saturated rings. The van der Waals surface area contributed by atoms with Gasteiger partial charge in [0.2, 0.25) is 0 Å². The average Bonchev–Trinajstić information content (AvgIpc) is 3.42. The molecule has 0 aliphatic heterocycles. The Kier molecular flexibility index (Phi) is 8.21. The van der Waals surface area contributed by atoms with Crippen molar-refractivity contribution >= 4 is 45.4 Å². The van der Waals surface area contributed by atoms with E-state index in [0.29, 0.717) is 11.5 Å². The molecule has 2 N–H and O–H groups in total. The van der Waals surface area contributed by atoms with Gasteiger partial charge in [0.05, 0.1) is 28.5 Å². The van der Waals surface area contributed by atoms with Crippen LogP contribution in [0.15, 0.2) is 61.3 Å². The summed E-state index contributed by atoms with van der Waals surface area (Å²) in [6, 6.07) is 11.9. The lowest BCUT2D eigenvalue weighted by Gasteiger charge is -2.25. The number of pyridine rings is 2. The van der Waals surface area contributed by atoms with Crippen LogP contribution in [0, 0.1) is 5.92 Å². The van der Waals surface area contributed by atoms with Crippen molar-refractivity contribution in [3.05, 3.63) is 72.4 Å². The smallest absolute Gasteiger partial charge is 0.251 e. The first-order valence-electron chi connectivity index (χ1n) is 13.7. The molecule has 1 aromatic carbocycles. The largest absolute Gasteiger partial charge is 0.370 e. The Morgan fingerprint density at radius 1 is 1.07 bits per heavy atom. The first-order chi connectivity index (χ1) is 19.7. The summed E-state index contributed by atoms with van der Waals surface area (Å²) in [6.07, 6.45) is 9.12. The van der Waals surface area contributed by atoms with Crippen molar-refractivity contribution in [1.29, 1.82) is 0 Å². The molecule has 2 unspecified atom stereocenters. The molecule has 0 saturated carbocycles. The lowest BCUT2D eigenvalue weighted by Crippen LogP contribution is -2.23. The highest BCUT2D eigenvalue weighted by atomic mass is 32.2. The van der Waals surface area contributed by atoms with Crippen molar-refractivity contribution in [2.75, 3.05) is 30.9 Å². The normalized spacial score (nSPS) is 13.3. The fourth-order valence-electron chi connectivity index (χ4n) is 5.15. The first kappa shape index (κ1) is 28.5. The summed E-state index contributed by atoms with van der Waals surface area (Å²) in [7, 11) is 1.65. The topological polar surface area (TPSA) is 111 Å². The van der Waals surface area contributed by atoms with E-state index in [1.807, 2.05) is 47.0 Å². The van der Waals surface area contributed by atoms with Gasteiger partial charge in [0.25, 0.3) is 5.91 Å². The summed E-state index contributed by atoms with van der Waals surface area (Å²) in [4.78, 5) is 30.9. The zero-order chi connectivity index (χ0) is 29.1. The van der Waals surface area contributed by atoms with Crippen molar-refractivity contribution in [3.63, 3.8) is 0 Å². The van der Waals surface area contributed by atoms with E-state index in [-0.39, 0.29) is 17.4 Å². The predicted molar refractivity (Wildman–Crippen MR) is 167 cm³/mol. The van der Waals surface area contributed by atoms with Crippen molar-refractivity contribution in [2.45, 2.75) is 39.2 Å². The zero-order valence-electron chi connectivity index (χ0n) is 24.3. The van der Waals surface area contributed by atoms with E-state index < -0.39 is 0 Å². The number of nitrogens with zero attached hydrogens (tertiary/aromatic N) is 6. The summed E-state index contributed by atoms with van der Waals surface area (Å²) >= 11 is 1.82. The maximum atomic E-state index is 12.5. The number of hydrogen-bond acceptors (Lipinski definition) is 8. The maximum absolute atomic E-state index is 12.5. The fourth-order valence-corrected chi connectivity index (χ4v) is 5.98. The molecule has 4 aromatic heterocycles. The minimum atomic E-state index is -0.152. The van der Waals surface area contributed by atoms with Crippen molar-refractivity contribution in [2.24, 2.45) is 5.92 Å². The maximum Gasteiger partial charge on any atom is 0.251 e. The molecule has 5 rings (SSSR count). The number of para-hydroxylation sites is 1. The highest BCUT2D eigenvalue weighted by Gasteiger charge is 2.23. The van der Waals surface area contributed by atoms with Crippen molar-refractivity contribution in [1.82, 2.24) is 35.0 Å². The van der Waals surface area contributed by atoms with Gasteiger partial charge in [0.1, 0.15) is 12.1 Å². The van der Waals surface area contributed by atoms with Crippen LogP contribution in [-0.4, -0.2) is 61.2 Å². The lowest BCUT2D eigenvalue weighted by atomic mass is 9.86. The molecule has 0 aliphatic carbocycles. The molecule has 0 radical (unpaired) electrons. The van der Waals surface area contributed by atoms with Crippen LogP contribution in [-0.2, 0) is 5.54 Å². The monoisotopic (exact) mass is 568 g/mol. The van der Waals surface area contributed by atoms with Crippen LogP contribution >= 0.6 is 11.8 Å². The van der Waals surface area contributed by atoms with Gasteiger partial charge < -0.3 is 10.6 Å². The standard InChI is InChI=1S/C31H36N8OS/c1-19(23-8-7-9-24-25(30(40)32-5)10-11-33-28(23)24)22(17-41-6)15-34-27-13-26(36-18-37-27)20-12-21-16-38-39(31(2,3)4)29(21)35-14-20/h7-14,16,18-19,22H,15,17H2,1-6H3,(H,32,40)(H,34,36,37). The molecule has 0 bridgehead atoms. The number of amides is 1. The summed E-state index contributed by atoms with van der Waals surface area (Å²) in [5.41, 5.74) is 5.06. The molecular weight excluding hydrogens is 532 g/mol. The summed E-state index contributed by atoms with van der Waals surface area (Å²) in [5.74, 6) is 2.09. The molecule has 0 spiro atoms. The molecule has 0 saturated heterocycles. The number of aromatic nitrogens is 6. The fraction of sp³-hybridized carbons (Fsp3) is 0.355. The first-order valence-corrected chi connectivity index (χ1v) is 15.1. The zero-order valence-corrected chi connectivity index (χ0v) is 25.2. The van der Waals surface area contributed by atoms with Gasteiger partial charge in [-0.1, -0.05) is 25.1 Å². The predicted octanol–water partition coefficient (Wildman–Crippen LogP) is 5.75. The van der Waals surface area contributed by atoms with Crippen LogP contribution in [0.4, 0.5) is 5.82 Å². The molecular formula is C31H36N8OS. The number of hydrogen-bond donors (Lipinski definition) is 2. The van der Waals surface area contributed by atoms with E-state index >= 15 is 0 Å². The Balaban J connectivity index is 1.37. The minimum absolute atomic E-state index is 0.110. The van der Waals surface area contributed by atoms with E-state index in [9.17, 15) is 4.79 Å².